The quantitative estimate of drug-likeness (QED) is 0.463. The van der Waals surface area contributed by atoms with Crippen LogP contribution in [0.4, 0.5) is 0 Å². The lowest BCUT2D eigenvalue weighted by Gasteiger charge is -2.13. The summed E-state index contributed by atoms with van der Waals surface area (Å²) in [5.74, 6) is 0.408. The molecule has 1 unspecified atom stereocenters. The number of rotatable bonds is 11. The van der Waals surface area contributed by atoms with Crippen molar-refractivity contribution in [3.8, 4) is 0 Å². The van der Waals surface area contributed by atoms with E-state index in [1.54, 1.807) is 0 Å². The summed E-state index contributed by atoms with van der Waals surface area (Å²) in [5, 5.41) is 26.4. The Morgan fingerprint density at radius 3 is 1.60 bits per heavy atom. The van der Waals surface area contributed by atoms with Crippen LogP contribution in [0.25, 0.3) is 0 Å². The van der Waals surface area contributed by atoms with Crippen LogP contribution >= 0.6 is 0 Å². The smallest absolute Gasteiger partial charge is 0.0459 e. The highest BCUT2D eigenvalue weighted by molar-refractivity contribution is 4.58. The molecule has 0 aromatic heterocycles. The Bertz CT molecular complexity index is 117. The van der Waals surface area contributed by atoms with Gasteiger partial charge in [-0.1, -0.05) is 25.7 Å². The van der Waals surface area contributed by atoms with Gasteiger partial charge in [0.25, 0.3) is 0 Å². The number of aliphatic hydroxyl groups is 3. The second kappa shape index (κ2) is 12.0. The fourth-order valence-corrected chi connectivity index (χ4v) is 1.77. The van der Waals surface area contributed by atoms with Crippen molar-refractivity contribution in [1.29, 1.82) is 0 Å². The minimum atomic E-state index is 0.259. The Morgan fingerprint density at radius 1 is 0.600 bits per heavy atom. The van der Waals surface area contributed by atoms with Gasteiger partial charge in [-0.3, -0.25) is 0 Å². The Balaban J connectivity index is 3.28. The molecule has 3 nitrogen and oxygen atoms in total. The van der Waals surface area contributed by atoms with Crippen LogP contribution in [-0.2, 0) is 0 Å². The predicted octanol–water partition coefficient (Wildman–Crippen LogP) is 1.70. The molecule has 1 atom stereocenters. The van der Waals surface area contributed by atoms with Crippen molar-refractivity contribution in [3.63, 3.8) is 0 Å². The molecule has 0 aliphatic rings. The monoisotopic (exact) mass is 218 g/mol. The summed E-state index contributed by atoms with van der Waals surface area (Å²) >= 11 is 0. The third-order valence-electron chi connectivity index (χ3n) is 2.80. The van der Waals surface area contributed by atoms with Crippen LogP contribution in [0.3, 0.4) is 0 Å². The van der Waals surface area contributed by atoms with E-state index in [1.165, 1.54) is 0 Å². The van der Waals surface area contributed by atoms with E-state index in [4.69, 9.17) is 15.3 Å². The highest BCUT2D eigenvalue weighted by Crippen LogP contribution is 2.16. The van der Waals surface area contributed by atoms with Crippen LogP contribution in [0.2, 0.25) is 0 Å². The van der Waals surface area contributed by atoms with E-state index in [0.717, 1.165) is 51.4 Å². The molecule has 0 saturated heterocycles. The summed E-state index contributed by atoms with van der Waals surface area (Å²) in [6.07, 6.45) is 8.24. The lowest BCUT2D eigenvalue weighted by molar-refractivity contribution is 0.198. The Morgan fingerprint density at radius 2 is 1.07 bits per heavy atom. The molecule has 0 amide bonds. The summed E-state index contributed by atoms with van der Waals surface area (Å²) in [7, 11) is 0. The van der Waals surface area contributed by atoms with E-state index in [9.17, 15) is 0 Å². The van der Waals surface area contributed by atoms with Gasteiger partial charge in [-0.05, 0) is 31.6 Å². The summed E-state index contributed by atoms with van der Waals surface area (Å²) in [6.45, 7) is 0.819. The molecule has 3 N–H and O–H groups in total. The molecular weight excluding hydrogens is 192 g/mol. The van der Waals surface area contributed by atoms with Crippen LogP contribution in [0.1, 0.15) is 51.4 Å². The zero-order valence-corrected chi connectivity index (χ0v) is 9.70. The molecule has 0 spiro atoms. The second-order valence-corrected chi connectivity index (χ2v) is 4.19. The molecule has 0 bridgehead atoms. The number of unbranched alkanes of at least 4 members (excludes halogenated alkanes) is 4. The van der Waals surface area contributed by atoms with Gasteiger partial charge in [0.1, 0.15) is 0 Å². The summed E-state index contributed by atoms with van der Waals surface area (Å²) < 4.78 is 0. The average molecular weight is 218 g/mol. The lowest BCUT2D eigenvalue weighted by atomic mass is 9.96. The normalized spacial score (nSPS) is 13.0. The number of hydrogen-bond donors (Lipinski definition) is 3. The molecular formula is C12H26O3. The van der Waals surface area contributed by atoms with E-state index < -0.39 is 0 Å². The van der Waals surface area contributed by atoms with Gasteiger partial charge in [-0.15, -0.1) is 0 Å². The SMILES string of the molecule is OCCCCCCC(CO)CCCCO. The van der Waals surface area contributed by atoms with Gasteiger partial charge in [0.15, 0.2) is 0 Å². The molecule has 0 saturated carbocycles. The van der Waals surface area contributed by atoms with E-state index >= 15 is 0 Å². The van der Waals surface area contributed by atoms with Crippen LogP contribution in [0.15, 0.2) is 0 Å². The third-order valence-corrected chi connectivity index (χ3v) is 2.80. The second-order valence-electron chi connectivity index (χ2n) is 4.19. The summed E-state index contributed by atoms with van der Waals surface area (Å²) in [5.41, 5.74) is 0. The molecule has 0 aromatic carbocycles. The zero-order chi connectivity index (χ0) is 11.4. The number of aliphatic hydroxyl groups excluding tert-OH is 3. The summed E-state index contributed by atoms with van der Waals surface area (Å²) in [4.78, 5) is 0. The Kier molecular flexibility index (Phi) is 11.9. The predicted molar refractivity (Wildman–Crippen MR) is 61.7 cm³/mol. The van der Waals surface area contributed by atoms with E-state index in [-0.39, 0.29) is 13.2 Å². The van der Waals surface area contributed by atoms with Crippen molar-refractivity contribution in [1.82, 2.24) is 0 Å². The van der Waals surface area contributed by atoms with Gasteiger partial charge in [0.2, 0.25) is 0 Å². The molecule has 0 aromatic rings. The van der Waals surface area contributed by atoms with E-state index in [2.05, 4.69) is 0 Å². The molecule has 92 valence electrons. The maximum Gasteiger partial charge on any atom is 0.0459 e. The van der Waals surface area contributed by atoms with E-state index in [0.29, 0.717) is 12.5 Å². The summed E-state index contributed by atoms with van der Waals surface area (Å²) in [6, 6.07) is 0. The fourth-order valence-electron chi connectivity index (χ4n) is 1.77. The zero-order valence-electron chi connectivity index (χ0n) is 9.70. The van der Waals surface area contributed by atoms with Crippen molar-refractivity contribution in [2.45, 2.75) is 51.4 Å². The minimum absolute atomic E-state index is 0.259. The standard InChI is InChI=1S/C12H26O3/c13-9-5-2-1-3-7-12(11-15)8-4-6-10-14/h12-15H,1-11H2. The minimum Gasteiger partial charge on any atom is -0.396 e. The van der Waals surface area contributed by atoms with Crippen molar-refractivity contribution in [2.24, 2.45) is 5.92 Å². The molecule has 0 aliphatic heterocycles. The highest BCUT2D eigenvalue weighted by Gasteiger charge is 2.06. The fraction of sp³-hybridized carbons (Fsp3) is 1.00. The first kappa shape index (κ1) is 14.9. The first-order valence-electron chi connectivity index (χ1n) is 6.17. The average Bonchev–Trinajstić information content (AvgIpc) is 2.26. The largest absolute Gasteiger partial charge is 0.396 e. The van der Waals surface area contributed by atoms with E-state index in [1.807, 2.05) is 0 Å². The van der Waals surface area contributed by atoms with Gasteiger partial charge in [-0.25, -0.2) is 0 Å². The van der Waals surface area contributed by atoms with Crippen LogP contribution in [0, 0.1) is 5.92 Å². The van der Waals surface area contributed by atoms with Gasteiger partial charge in [0, 0.05) is 19.8 Å². The van der Waals surface area contributed by atoms with Crippen molar-refractivity contribution < 1.29 is 15.3 Å². The number of hydrogen-bond acceptors (Lipinski definition) is 3. The van der Waals surface area contributed by atoms with Crippen molar-refractivity contribution in [3.05, 3.63) is 0 Å². The van der Waals surface area contributed by atoms with Gasteiger partial charge in [0.05, 0.1) is 0 Å². The first-order chi connectivity index (χ1) is 7.35. The third kappa shape index (κ3) is 10.2. The molecule has 15 heavy (non-hydrogen) atoms. The Labute approximate surface area is 93.1 Å². The molecule has 0 aliphatic carbocycles. The molecule has 3 heteroatoms. The maximum atomic E-state index is 9.13. The van der Waals surface area contributed by atoms with Gasteiger partial charge < -0.3 is 15.3 Å². The Hall–Kier alpha value is -0.120. The molecule has 0 fully saturated rings. The molecule has 0 heterocycles. The first-order valence-corrected chi connectivity index (χ1v) is 6.17. The highest BCUT2D eigenvalue weighted by atomic mass is 16.3. The van der Waals surface area contributed by atoms with Gasteiger partial charge in [-0.2, -0.15) is 0 Å². The van der Waals surface area contributed by atoms with Crippen LogP contribution < -0.4 is 0 Å². The van der Waals surface area contributed by atoms with Gasteiger partial charge >= 0.3 is 0 Å². The lowest BCUT2D eigenvalue weighted by Crippen LogP contribution is -2.06. The van der Waals surface area contributed by atoms with Crippen molar-refractivity contribution in [2.75, 3.05) is 19.8 Å². The molecule has 0 radical (unpaired) electrons. The maximum absolute atomic E-state index is 9.13. The van der Waals surface area contributed by atoms with Crippen LogP contribution in [-0.4, -0.2) is 35.1 Å². The molecule has 0 rings (SSSR count). The topological polar surface area (TPSA) is 60.7 Å². The van der Waals surface area contributed by atoms with Crippen molar-refractivity contribution >= 4 is 0 Å². The van der Waals surface area contributed by atoms with Crippen LogP contribution in [0.5, 0.6) is 0 Å².